The predicted molar refractivity (Wildman–Crippen MR) is 123 cm³/mol. The van der Waals surface area contributed by atoms with Crippen molar-refractivity contribution in [3.63, 3.8) is 0 Å². The molecule has 1 N–H and O–H groups in total. The van der Waals surface area contributed by atoms with Crippen LogP contribution in [0.4, 0.5) is 5.69 Å². The molecule has 1 aliphatic rings. The number of benzene rings is 2. The molecule has 0 spiro atoms. The lowest BCUT2D eigenvalue weighted by molar-refractivity contribution is 0.102. The van der Waals surface area contributed by atoms with E-state index in [4.69, 9.17) is 25.8 Å². The molecule has 32 heavy (non-hydrogen) atoms. The number of carbonyl (C=O) groups is 1. The molecule has 1 saturated heterocycles. The topological polar surface area (TPSA) is 94.2 Å². The molecular weight excluding hydrogens is 456 g/mol. The molecule has 0 atom stereocenters. The summed E-state index contributed by atoms with van der Waals surface area (Å²) in [5.74, 6) is 0.652. The molecule has 0 radical (unpaired) electrons. The fraction of sp³-hybridized carbons (Fsp3) is 0.409. The van der Waals surface area contributed by atoms with E-state index in [-0.39, 0.29) is 15.5 Å². The highest BCUT2D eigenvalue weighted by Gasteiger charge is 2.28. The van der Waals surface area contributed by atoms with Crippen LogP contribution < -0.4 is 19.5 Å². The van der Waals surface area contributed by atoms with Gasteiger partial charge in [-0.3, -0.25) is 4.79 Å². The molecule has 1 aliphatic heterocycles. The molecule has 3 rings (SSSR count). The van der Waals surface area contributed by atoms with Gasteiger partial charge in [0.25, 0.3) is 5.91 Å². The second-order valence-electron chi connectivity index (χ2n) is 7.33. The first-order chi connectivity index (χ1) is 15.3. The van der Waals surface area contributed by atoms with Crippen LogP contribution in [0, 0.1) is 0 Å². The van der Waals surface area contributed by atoms with E-state index in [9.17, 15) is 13.2 Å². The lowest BCUT2D eigenvalue weighted by Crippen LogP contribution is -2.32. The maximum Gasteiger partial charge on any atom is 0.255 e. The molecule has 1 heterocycles. The van der Waals surface area contributed by atoms with Crippen molar-refractivity contribution in [2.45, 2.75) is 30.6 Å². The van der Waals surface area contributed by atoms with Crippen molar-refractivity contribution in [1.82, 2.24) is 4.31 Å². The Morgan fingerprint density at radius 1 is 0.938 bits per heavy atom. The second kappa shape index (κ2) is 10.4. The number of nitrogens with zero attached hydrogens (tertiary/aromatic N) is 1. The van der Waals surface area contributed by atoms with E-state index in [1.165, 1.54) is 43.8 Å². The Labute approximate surface area is 193 Å². The normalized spacial score (nSPS) is 15.0. The summed E-state index contributed by atoms with van der Waals surface area (Å²) in [6.45, 7) is 0.890. The van der Waals surface area contributed by atoms with Crippen molar-refractivity contribution in [2.24, 2.45) is 0 Å². The van der Waals surface area contributed by atoms with Crippen LogP contribution in [-0.2, 0) is 10.0 Å². The Kier molecular flexibility index (Phi) is 7.86. The Balaban J connectivity index is 1.90. The maximum absolute atomic E-state index is 13.2. The number of ether oxygens (including phenoxy) is 3. The average molecular weight is 483 g/mol. The summed E-state index contributed by atoms with van der Waals surface area (Å²) in [5.41, 5.74) is 0.563. The number of hydrogen-bond acceptors (Lipinski definition) is 6. The maximum atomic E-state index is 13.2. The van der Waals surface area contributed by atoms with Gasteiger partial charge in [0.2, 0.25) is 15.8 Å². The number of nitrogens with one attached hydrogen (secondary N) is 1. The molecule has 2 aromatic rings. The molecule has 0 unspecified atom stereocenters. The molecule has 0 aromatic heterocycles. The van der Waals surface area contributed by atoms with Gasteiger partial charge in [-0.1, -0.05) is 24.4 Å². The Bertz CT molecular complexity index is 1060. The van der Waals surface area contributed by atoms with Crippen LogP contribution in [0.2, 0.25) is 5.02 Å². The van der Waals surface area contributed by atoms with Gasteiger partial charge < -0.3 is 19.5 Å². The number of sulfonamides is 1. The molecule has 0 aliphatic carbocycles. The molecule has 0 bridgehead atoms. The SMILES string of the molecule is COc1cc(NC(=O)c2ccc(Cl)c(S(=O)(=O)N3CCCCCC3)c2)cc(OC)c1OC. The highest BCUT2D eigenvalue weighted by atomic mass is 35.5. The number of anilines is 1. The largest absolute Gasteiger partial charge is 0.493 e. The number of rotatable bonds is 7. The molecular formula is C22H27ClN2O6S. The fourth-order valence-electron chi connectivity index (χ4n) is 3.62. The molecule has 1 amide bonds. The number of carbonyl (C=O) groups excluding carboxylic acids is 1. The third kappa shape index (κ3) is 5.11. The van der Waals surface area contributed by atoms with Crippen molar-refractivity contribution in [3.8, 4) is 17.2 Å². The molecule has 174 valence electrons. The molecule has 0 saturated carbocycles. The molecule has 8 nitrogen and oxygen atoms in total. The van der Waals surface area contributed by atoms with Gasteiger partial charge in [-0.2, -0.15) is 4.31 Å². The summed E-state index contributed by atoms with van der Waals surface area (Å²) in [5, 5.41) is 2.82. The third-order valence-electron chi connectivity index (χ3n) is 5.30. The summed E-state index contributed by atoms with van der Waals surface area (Å²) in [6.07, 6.45) is 3.60. The Morgan fingerprint density at radius 2 is 1.53 bits per heavy atom. The van der Waals surface area contributed by atoms with Gasteiger partial charge in [0.1, 0.15) is 4.90 Å². The van der Waals surface area contributed by atoms with E-state index in [2.05, 4.69) is 5.32 Å². The van der Waals surface area contributed by atoms with Gasteiger partial charge in [0, 0.05) is 36.5 Å². The zero-order chi connectivity index (χ0) is 23.3. The number of amides is 1. The Hall–Kier alpha value is -2.49. The van der Waals surface area contributed by atoms with Gasteiger partial charge in [-0.25, -0.2) is 8.42 Å². The van der Waals surface area contributed by atoms with E-state index in [0.717, 1.165) is 25.7 Å². The zero-order valence-corrected chi connectivity index (χ0v) is 19.9. The van der Waals surface area contributed by atoms with E-state index < -0.39 is 15.9 Å². The van der Waals surface area contributed by atoms with Crippen molar-refractivity contribution < 1.29 is 27.4 Å². The molecule has 2 aromatic carbocycles. The van der Waals surface area contributed by atoms with Crippen molar-refractivity contribution >= 4 is 33.2 Å². The Morgan fingerprint density at radius 3 is 2.06 bits per heavy atom. The summed E-state index contributed by atoms with van der Waals surface area (Å²) < 4.78 is 43.7. The summed E-state index contributed by atoms with van der Waals surface area (Å²) >= 11 is 6.23. The smallest absolute Gasteiger partial charge is 0.255 e. The number of methoxy groups -OCH3 is 3. The van der Waals surface area contributed by atoms with Crippen LogP contribution in [-0.4, -0.2) is 53.0 Å². The minimum Gasteiger partial charge on any atom is -0.493 e. The van der Waals surface area contributed by atoms with Gasteiger partial charge in [0.05, 0.1) is 26.4 Å². The highest BCUT2D eigenvalue weighted by molar-refractivity contribution is 7.89. The third-order valence-corrected chi connectivity index (χ3v) is 7.68. The van der Waals surface area contributed by atoms with Crippen LogP contribution in [0.5, 0.6) is 17.2 Å². The van der Waals surface area contributed by atoms with Crippen LogP contribution in [0.1, 0.15) is 36.0 Å². The van der Waals surface area contributed by atoms with Crippen molar-refractivity contribution in [3.05, 3.63) is 40.9 Å². The summed E-state index contributed by atoms with van der Waals surface area (Å²) in [6, 6.07) is 7.40. The zero-order valence-electron chi connectivity index (χ0n) is 18.3. The predicted octanol–water partition coefficient (Wildman–Crippen LogP) is 4.18. The van der Waals surface area contributed by atoms with Crippen LogP contribution in [0.3, 0.4) is 0 Å². The number of halogens is 1. The van der Waals surface area contributed by atoms with E-state index in [1.54, 1.807) is 12.1 Å². The first-order valence-electron chi connectivity index (χ1n) is 10.2. The second-order valence-corrected chi connectivity index (χ2v) is 9.65. The van der Waals surface area contributed by atoms with Gasteiger partial charge in [-0.15, -0.1) is 0 Å². The van der Waals surface area contributed by atoms with E-state index >= 15 is 0 Å². The highest BCUT2D eigenvalue weighted by Crippen LogP contribution is 2.40. The molecule has 1 fully saturated rings. The van der Waals surface area contributed by atoms with Gasteiger partial charge in [-0.05, 0) is 31.0 Å². The quantitative estimate of drug-likeness (QED) is 0.636. The minimum atomic E-state index is -3.81. The summed E-state index contributed by atoms with van der Waals surface area (Å²) in [4.78, 5) is 12.8. The minimum absolute atomic E-state index is 0.0707. The van der Waals surface area contributed by atoms with E-state index in [1.807, 2.05) is 0 Å². The number of hydrogen-bond donors (Lipinski definition) is 1. The van der Waals surface area contributed by atoms with Crippen molar-refractivity contribution in [1.29, 1.82) is 0 Å². The van der Waals surface area contributed by atoms with Gasteiger partial charge in [0.15, 0.2) is 11.5 Å². The lowest BCUT2D eigenvalue weighted by atomic mass is 10.2. The first kappa shape index (κ1) is 24.2. The molecule has 10 heteroatoms. The first-order valence-corrected chi connectivity index (χ1v) is 12.0. The van der Waals surface area contributed by atoms with Crippen LogP contribution in [0.25, 0.3) is 0 Å². The standard InChI is InChI=1S/C22H27ClN2O6S/c1-29-18-13-16(14-19(30-2)21(18)31-3)24-22(26)15-8-9-17(23)20(12-15)32(27,28)25-10-6-4-5-7-11-25/h8-9,12-14H,4-7,10-11H2,1-3H3,(H,24,26). The van der Waals surface area contributed by atoms with Crippen LogP contribution in [0.15, 0.2) is 35.2 Å². The fourth-order valence-corrected chi connectivity index (χ4v) is 5.64. The summed E-state index contributed by atoms with van der Waals surface area (Å²) in [7, 11) is 0.623. The van der Waals surface area contributed by atoms with Crippen LogP contribution >= 0.6 is 11.6 Å². The van der Waals surface area contributed by atoms with Gasteiger partial charge >= 0.3 is 0 Å². The van der Waals surface area contributed by atoms with E-state index in [0.29, 0.717) is 36.0 Å². The monoisotopic (exact) mass is 482 g/mol. The lowest BCUT2D eigenvalue weighted by Gasteiger charge is -2.21. The average Bonchev–Trinajstić information content (AvgIpc) is 3.08. The van der Waals surface area contributed by atoms with Crippen molar-refractivity contribution in [2.75, 3.05) is 39.7 Å².